The molecule has 18 heavy (non-hydrogen) atoms. The maximum absolute atomic E-state index is 12.4. The lowest BCUT2D eigenvalue weighted by Crippen LogP contribution is -2.67. The first-order chi connectivity index (χ1) is 8.57. The van der Waals surface area contributed by atoms with Gasteiger partial charge in [-0.25, -0.2) is 0 Å². The average Bonchev–Trinajstić information content (AvgIpc) is 2.23. The van der Waals surface area contributed by atoms with Crippen LogP contribution in [0.15, 0.2) is 0 Å². The molecule has 0 unspecified atom stereocenters. The molecule has 0 aromatic rings. The fourth-order valence-corrected chi connectivity index (χ4v) is 5.41. The molecule has 5 aliphatic carbocycles. The van der Waals surface area contributed by atoms with E-state index in [-0.39, 0.29) is 11.4 Å². The van der Waals surface area contributed by atoms with Crippen molar-refractivity contribution in [3.8, 4) is 0 Å². The van der Waals surface area contributed by atoms with Crippen molar-refractivity contribution in [2.75, 3.05) is 0 Å². The minimum atomic E-state index is -0.524. The van der Waals surface area contributed by atoms with Crippen LogP contribution in [0.25, 0.3) is 0 Å². The lowest BCUT2D eigenvalue weighted by Gasteiger charge is -2.57. The van der Waals surface area contributed by atoms with Crippen molar-refractivity contribution in [1.82, 2.24) is 5.32 Å². The van der Waals surface area contributed by atoms with Gasteiger partial charge in [-0.15, -0.1) is 0 Å². The van der Waals surface area contributed by atoms with Gasteiger partial charge >= 0.3 is 0 Å². The van der Waals surface area contributed by atoms with Crippen molar-refractivity contribution >= 4 is 5.91 Å². The first kappa shape index (κ1) is 11.3. The van der Waals surface area contributed by atoms with Crippen molar-refractivity contribution in [3.63, 3.8) is 0 Å². The van der Waals surface area contributed by atoms with Crippen LogP contribution in [-0.2, 0) is 4.79 Å². The van der Waals surface area contributed by atoms with Crippen LogP contribution in [0.2, 0.25) is 0 Å². The molecule has 0 heterocycles. The fourth-order valence-electron chi connectivity index (χ4n) is 5.41. The van der Waals surface area contributed by atoms with Crippen LogP contribution < -0.4 is 11.1 Å². The molecule has 4 bridgehead atoms. The Morgan fingerprint density at radius 1 is 1.00 bits per heavy atom. The van der Waals surface area contributed by atoms with Crippen LogP contribution in [0.1, 0.15) is 57.8 Å². The van der Waals surface area contributed by atoms with Gasteiger partial charge in [-0.05, 0) is 75.5 Å². The summed E-state index contributed by atoms with van der Waals surface area (Å²) in [7, 11) is 0. The molecule has 3 nitrogen and oxygen atoms in total. The molecule has 0 spiro atoms. The molecule has 3 heteroatoms. The highest BCUT2D eigenvalue weighted by Gasteiger charge is 2.53. The number of amides is 1. The van der Waals surface area contributed by atoms with E-state index < -0.39 is 5.54 Å². The third-order valence-electron chi connectivity index (χ3n) is 6.11. The highest BCUT2D eigenvalue weighted by molar-refractivity contribution is 5.87. The van der Waals surface area contributed by atoms with E-state index in [1.54, 1.807) is 0 Å². The predicted octanol–water partition coefficient (Wildman–Crippen LogP) is 1.95. The van der Waals surface area contributed by atoms with Gasteiger partial charge < -0.3 is 11.1 Å². The highest BCUT2D eigenvalue weighted by Crippen LogP contribution is 2.55. The molecule has 5 aliphatic rings. The summed E-state index contributed by atoms with van der Waals surface area (Å²) in [5.74, 6) is 2.79. The van der Waals surface area contributed by atoms with E-state index in [9.17, 15) is 4.79 Å². The van der Waals surface area contributed by atoms with Gasteiger partial charge in [0.2, 0.25) is 5.91 Å². The Bertz CT molecular complexity index is 351. The fraction of sp³-hybridized carbons (Fsp3) is 0.933. The summed E-state index contributed by atoms with van der Waals surface area (Å²) in [6.45, 7) is 0. The van der Waals surface area contributed by atoms with Gasteiger partial charge in [0.1, 0.15) is 0 Å². The first-order valence-corrected chi connectivity index (χ1v) is 7.68. The summed E-state index contributed by atoms with van der Waals surface area (Å²) >= 11 is 0. The zero-order valence-electron chi connectivity index (χ0n) is 11.1. The van der Waals surface area contributed by atoms with Crippen molar-refractivity contribution in [2.45, 2.75) is 68.9 Å². The Morgan fingerprint density at radius 3 is 1.89 bits per heavy atom. The predicted molar refractivity (Wildman–Crippen MR) is 69.8 cm³/mol. The van der Waals surface area contributed by atoms with E-state index in [1.807, 2.05) is 0 Å². The minimum Gasteiger partial charge on any atom is -0.349 e. The summed E-state index contributed by atoms with van der Waals surface area (Å²) in [4.78, 5) is 12.4. The minimum absolute atomic E-state index is 0.133. The molecule has 5 fully saturated rings. The van der Waals surface area contributed by atoms with E-state index in [1.165, 1.54) is 38.5 Å². The smallest absolute Gasteiger partial charge is 0.240 e. The largest absolute Gasteiger partial charge is 0.349 e. The van der Waals surface area contributed by atoms with Crippen LogP contribution in [-0.4, -0.2) is 17.0 Å². The maximum Gasteiger partial charge on any atom is 0.240 e. The van der Waals surface area contributed by atoms with Crippen molar-refractivity contribution in [2.24, 2.45) is 23.5 Å². The average molecular weight is 248 g/mol. The number of nitrogens with two attached hydrogens (primary N) is 1. The Hall–Kier alpha value is -0.570. The summed E-state index contributed by atoms with van der Waals surface area (Å²) in [6, 6.07) is 0. The molecule has 100 valence electrons. The highest BCUT2D eigenvalue weighted by atomic mass is 16.2. The second kappa shape index (κ2) is 3.50. The third kappa shape index (κ3) is 1.56. The molecule has 3 N–H and O–H groups in total. The van der Waals surface area contributed by atoms with E-state index in [4.69, 9.17) is 5.73 Å². The zero-order valence-corrected chi connectivity index (χ0v) is 11.1. The molecule has 5 rings (SSSR count). The van der Waals surface area contributed by atoms with Gasteiger partial charge in [0, 0.05) is 5.54 Å². The Morgan fingerprint density at radius 2 is 1.50 bits per heavy atom. The molecule has 0 aromatic carbocycles. The molecule has 5 saturated carbocycles. The normalized spacial score (nSPS) is 47.7. The van der Waals surface area contributed by atoms with Gasteiger partial charge in [-0.1, -0.05) is 0 Å². The number of nitrogens with one attached hydrogen (secondary N) is 1. The van der Waals surface area contributed by atoms with Gasteiger partial charge in [-0.3, -0.25) is 4.79 Å². The lowest BCUT2D eigenvalue weighted by atomic mass is 9.53. The van der Waals surface area contributed by atoms with Gasteiger partial charge in [0.15, 0.2) is 0 Å². The lowest BCUT2D eigenvalue weighted by molar-refractivity contribution is -0.135. The van der Waals surface area contributed by atoms with Crippen LogP contribution in [0.3, 0.4) is 0 Å². The molecular formula is C15H24N2O. The maximum atomic E-state index is 12.4. The molecule has 0 aliphatic heterocycles. The van der Waals surface area contributed by atoms with Crippen LogP contribution in [0, 0.1) is 17.8 Å². The van der Waals surface area contributed by atoms with Gasteiger partial charge in [-0.2, -0.15) is 0 Å². The SMILES string of the molecule is NC1(C(=O)NC23CC4CC(CC(C4)C2)C3)CCC1. The molecule has 1 amide bonds. The second-order valence-corrected chi connectivity index (χ2v) is 7.66. The summed E-state index contributed by atoms with van der Waals surface area (Å²) < 4.78 is 0. The Kier molecular flexibility index (Phi) is 2.19. The van der Waals surface area contributed by atoms with Gasteiger partial charge in [0.05, 0.1) is 5.54 Å². The molecular weight excluding hydrogens is 224 g/mol. The first-order valence-electron chi connectivity index (χ1n) is 7.68. The third-order valence-corrected chi connectivity index (χ3v) is 6.11. The van der Waals surface area contributed by atoms with Crippen LogP contribution >= 0.6 is 0 Å². The van der Waals surface area contributed by atoms with E-state index in [0.29, 0.717) is 0 Å². The second-order valence-electron chi connectivity index (χ2n) is 7.66. The number of rotatable bonds is 2. The number of hydrogen-bond acceptors (Lipinski definition) is 2. The molecule has 0 saturated heterocycles. The van der Waals surface area contributed by atoms with Crippen LogP contribution in [0.5, 0.6) is 0 Å². The van der Waals surface area contributed by atoms with Crippen molar-refractivity contribution < 1.29 is 4.79 Å². The van der Waals surface area contributed by atoms with E-state index >= 15 is 0 Å². The van der Waals surface area contributed by atoms with Crippen molar-refractivity contribution in [1.29, 1.82) is 0 Å². The standard InChI is InChI=1S/C15H24N2O/c16-15(2-1-3-15)13(18)17-14-7-10-4-11(8-14)6-12(5-10)9-14/h10-12H,1-9,16H2,(H,17,18). The quantitative estimate of drug-likeness (QED) is 0.785. The Balaban J connectivity index is 1.52. The van der Waals surface area contributed by atoms with Crippen molar-refractivity contribution in [3.05, 3.63) is 0 Å². The Labute approximate surface area is 109 Å². The van der Waals surface area contributed by atoms with Crippen LogP contribution in [0.4, 0.5) is 0 Å². The molecule has 0 atom stereocenters. The zero-order chi connectivity index (χ0) is 12.4. The van der Waals surface area contributed by atoms with Gasteiger partial charge in [0.25, 0.3) is 0 Å². The molecule has 0 aromatic heterocycles. The summed E-state index contributed by atoms with van der Waals surface area (Å²) in [5.41, 5.74) is 5.77. The summed E-state index contributed by atoms with van der Waals surface area (Å²) in [5, 5.41) is 3.40. The molecule has 0 radical (unpaired) electrons. The monoisotopic (exact) mass is 248 g/mol. The number of carbonyl (C=O) groups excluding carboxylic acids is 1. The number of carbonyl (C=O) groups is 1. The topological polar surface area (TPSA) is 55.1 Å². The number of hydrogen-bond donors (Lipinski definition) is 2. The van der Waals surface area contributed by atoms with E-state index in [2.05, 4.69) is 5.32 Å². The summed E-state index contributed by atoms with van der Waals surface area (Å²) in [6.07, 6.45) is 10.8. The van der Waals surface area contributed by atoms with E-state index in [0.717, 1.165) is 37.0 Å².